The van der Waals surface area contributed by atoms with Gasteiger partial charge in [0.05, 0.1) is 0 Å². The minimum Gasteiger partial charge on any atom is -0.385 e. The molecule has 1 rings (SSSR count). The number of nitrogens with one attached hydrogen (secondary N) is 1. The van der Waals surface area contributed by atoms with E-state index in [0.29, 0.717) is 18.9 Å². The van der Waals surface area contributed by atoms with Gasteiger partial charge >= 0.3 is 0 Å². The third-order valence-corrected chi connectivity index (χ3v) is 2.74. The van der Waals surface area contributed by atoms with Crippen LogP contribution in [-0.4, -0.2) is 31.4 Å². The van der Waals surface area contributed by atoms with Crippen LogP contribution in [0.2, 0.25) is 0 Å². The van der Waals surface area contributed by atoms with Crippen molar-refractivity contribution < 1.29 is 4.79 Å². The van der Waals surface area contributed by atoms with E-state index >= 15 is 0 Å². The Hall–Kier alpha value is -1.51. The molecule has 0 saturated carbocycles. The lowest BCUT2D eigenvalue weighted by Crippen LogP contribution is -2.23. The van der Waals surface area contributed by atoms with Crippen molar-refractivity contribution in [2.45, 2.75) is 26.2 Å². The Morgan fingerprint density at radius 2 is 1.82 bits per heavy atom. The highest BCUT2D eigenvalue weighted by molar-refractivity contribution is 5.76. The van der Waals surface area contributed by atoms with Gasteiger partial charge in [-0.3, -0.25) is 4.79 Å². The molecule has 17 heavy (non-hydrogen) atoms. The zero-order valence-electron chi connectivity index (χ0n) is 11.2. The molecule has 3 heteroatoms. The summed E-state index contributed by atoms with van der Waals surface area (Å²) in [5.41, 5.74) is 2.40. The molecule has 0 heterocycles. The van der Waals surface area contributed by atoms with E-state index in [1.54, 1.807) is 19.0 Å². The van der Waals surface area contributed by atoms with Gasteiger partial charge < -0.3 is 10.2 Å². The molecule has 0 aliphatic rings. The molecule has 1 amide bonds. The molecule has 0 bridgehead atoms. The van der Waals surface area contributed by atoms with Crippen molar-refractivity contribution in [2.24, 2.45) is 0 Å². The van der Waals surface area contributed by atoms with E-state index in [1.807, 2.05) is 0 Å². The Balaban J connectivity index is 2.40. The highest BCUT2D eigenvalue weighted by Crippen LogP contribution is 2.16. The van der Waals surface area contributed by atoms with Crippen LogP contribution in [0, 0.1) is 0 Å². The zero-order chi connectivity index (χ0) is 12.8. The first-order chi connectivity index (χ1) is 8.00. The molecule has 0 atom stereocenters. The molecule has 3 nitrogen and oxygen atoms in total. The largest absolute Gasteiger partial charge is 0.385 e. The first kappa shape index (κ1) is 13.6. The van der Waals surface area contributed by atoms with E-state index in [2.05, 4.69) is 43.4 Å². The van der Waals surface area contributed by atoms with Crippen LogP contribution in [0.15, 0.2) is 24.3 Å². The lowest BCUT2D eigenvalue weighted by molar-refractivity contribution is -0.128. The Kier molecular flexibility index (Phi) is 5.01. The summed E-state index contributed by atoms with van der Waals surface area (Å²) in [4.78, 5) is 13.0. The molecule has 1 aromatic rings. The maximum absolute atomic E-state index is 11.4. The smallest absolute Gasteiger partial charge is 0.223 e. The molecule has 0 aliphatic carbocycles. The number of rotatable bonds is 5. The number of amides is 1. The third kappa shape index (κ3) is 4.47. The van der Waals surface area contributed by atoms with Gasteiger partial charge in [-0.1, -0.05) is 26.0 Å². The van der Waals surface area contributed by atoms with E-state index in [4.69, 9.17) is 0 Å². The van der Waals surface area contributed by atoms with Gasteiger partial charge in [-0.25, -0.2) is 0 Å². The number of hydrogen-bond acceptors (Lipinski definition) is 2. The van der Waals surface area contributed by atoms with Crippen LogP contribution in [0.5, 0.6) is 0 Å². The van der Waals surface area contributed by atoms with Gasteiger partial charge in [-0.15, -0.1) is 0 Å². The van der Waals surface area contributed by atoms with Crippen LogP contribution >= 0.6 is 0 Å². The van der Waals surface area contributed by atoms with Gasteiger partial charge in [0.15, 0.2) is 0 Å². The van der Waals surface area contributed by atoms with Gasteiger partial charge in [0.25, 0.3) is 0 Å². The summed E-state index contributed by atoms with van der Waals surface area (Å²) in [6.07, 6.45) is 0.527. The van der Waals surface area contributed by atoms with Crippen molar-refractivity contribution >= 4 is 11.6 Å². The minimum absolute atomic E-state index is 0.149. The maximum atomic E-state index is 11.4. The van der Waals surface area contributed by atoms with Crippen LogP contribution in [0.25, 0.3) is 0 Å². The summed E-state index contributed by atoms with van der Waals surface area (Å²) in [6.45, 7) is 5.04. The van der Waals surface area contributed by atoms with Gasteiger partial charge in [0, 0.05) is 32.7 Å². The fourth-order valence-corrected chi connectivity index (χ4v) is 1.52. The van der Waals surface area contributed by atoms with Crippen LogP contribution in [0.3, 0.4) is 0 Å². The Bertz CT molecular complexity index is 355. The molecular weight excluding hydrogens is 212 g/mol. The molecular formula is C14H22N2O. The Labute approximate surface area is 104 Å². The van der Waals surface area contributed by atoms with Gasteiger partial charge in [-0.2, -0.15) is 0 Å². The number of hydrogen-bond donors (Lipinski definition) is 1. The molecule has 1 aromatic carbocycles. The SMILES string of the molecule is CC(C)c1ccc(NCCC(=O)N(C)C)cc1. The average molecular weight is 234 g/mol. The van der Waals surface area contributed by atoms with Gasteiger partial charge in [0.1, 0.15) is 0 Å². The van der Waals surface area contributed by atoms with Crippen LogP contribution in [0.1, 0.15) is 31.7 Å². The number of nitrogens with zero attached hydrogens (tertiary/aromatic N) is 1. The predicted octanol–water partition coefficient (Wildman–Crippen LogP) is 2.70. The number of anilines is 1. The monoisotopic (exact) mass is 234 g/mol. The van der Waals surface area contributed by atoms with Crippen molar-refractivity contribution in [2.75, 3.05) is 26.0 Å². The third-order valence-electron chi connectivity index (χ3n) is 2.74. The van der Waals surface area contributed by atoms with Crippen molar-refractivity contribution in [1.29, 1.82) is 0 Å². The van der Waals surface area contributed by atoms with Crippen molar-refractivity contribution in [3.63, 3.8) is 0 Å². The van der Waals surface area contributed by atoms with E-state index < -0.39 is 0 Å². The topological polar surface area (TPSA) is 32.3 Å². The minimum atomic E-state index is 0.149. The molecule has 94 valence electrons. The zero-order valence-corrected chi connectivity index (χ0v) is 11.2. The van der Waals surface area contributed by atoms with Crippen LogP contribution in [0.4, 0.5) is 5.69 Å². The van der Waals surface area contributed by atoms with E-state index in [-0.39, 0.29) is 5.91 Å². The molecule has 0 radical (unpaired) electrons. The first-order valence-corrected chi connectivity index (χ1v) is 6.04. The summed E-state index contributed by atoms with van der Waals surface area (Å²) in [5, 5.41) is 3.25. The molecule has 0 fully saturated rings. The maximum Gasteiger partial charge on any atom is 0.223 e. The highest BCUT2D eigenvalue weighted by atomic mass is 16.2. The fraction of sp³-hybridized carbons (Fsp3) is 0.500. The molecule has 0 aromatic heterocycles. The van der Waals surface area contributed by atoms with Gasteiger partial charge in [0.2, 0.25) is 5.91 Å². The molecule has 0 aliphatic heterocycles. The quantitative estimate of drug-likeness (QED) is 0.849. The summed E-state index contributed by atoms with van der Waals surface area (Å²) < 4.78 is 0. The first-order valence-electron chi connectivity index (χ1n) is 6.04. The van der Waals surface area contributed by atoms with Crippen LogP contribution < -0.4 is 5.32 Å². The van der Waals surface area contributed by atoms with Crippen molar-refractivity contribution in [3.8, 4) is 0 Å². The highest BCUT2D eigenvalue weighted by Gasteiger charge is 2.03. The summed E-state index contributed by atoms with van der Waals surface area (Å²) in [7, 11) is 3.56. The Morgan fingerprint density at radius 1 is 1.24 bits per heavy atom. The predicted molar refractivity (Wildman–Crippen MR) is 72.3 cm³/mol. The van der Waals surface area contributed by atoms with Gasteiger partial charge in [-0.05, 0) is 23.6 Å². The van der Waals surface area contributed by atoms with E-state index in [1.165, 1.54) is 5.56 Å². The van der Waals surface area contributed by atoms with E-state index in [0.717, 1.165) is 5.69 Å². The number of carbonyl (C=O) groups is 1. The van der Waals surface area contributed by atoms with Crippen molar-refractivity contribution in [3.05, 3.63) is 29.8 Å². The second kappa shape index (κ2) is 6.28. The summed E-state index contributed by atoms with van der Waals surface area (Å²) >= 11 is 0. The summed E-state index contributed by atoms with van der Waals surface area (Å²) in [6, 6.07) is 8.38. The standard InChI is InChI=1S/C14H22N2O/c1-11(2)12-5-7-13(8-6-12)15-10-9-14(17)16(3)4/h5-8,11,15H,9-10H2,1-4H3. The second-order valence-electron chi connectivity index (χ2n) is 4.74. The Morgan fingerprint density at radius 3 is 2.29 bits per heavy atom. The normalized spacial score (nSPS) is 10.4. The lowest BCUT2D eigenvalue weighted by Gasteiger charge is -2.12. The van der Waals surface area contributed by atoms with Crippen LogP contribution in [-0.2, 0) is 4.79 Å². The summed E-state index contributed by atoms with van der Waals surface area (Å²) in [5.74, 6) is 0.704. The number of benzene rings is 1. The molecule has 0 saturated heterocycles. The second-order valence-corrected chi connectivity index (χ2v) is 4.74. The van der Waals surface area contributed by atoms with Crippen molar-refractivity contribution in [1.82, 2.24) is 4.90 Å². The molecule has 0 unspecified atom stereocenters. The molecule has 0 spiro atoms. The number of carbonyl (C=O) groups excluding carboxylic acids is 1. The fourth-order valence-electron chi connectivity index (χ4n) is 1.52. The average Bonchev–Trinajstić information content (AvgIpc) is 2.29. The molecule has 1 N–H and O–H groups in total. The lowest BCUT2D eigenvalue weighted by atomic mass is 10.0. The van der Waals surface area contributed by atoms with E-state index in [9.17, 15) is 4.79 Å².